The fourth-order valence-corrected chi connectivity index (χ4v) is 2.77. The van der Waals surface area contributed by atoms with Gasteiger partial charge in [-0.3, -0.25) is 10.1 Å². The van der Waals surface area contributed by atoms with Gasteiger partial charge < -0.3 is 10.6 Å². The number of non-ortho nitro benzene ring substituents is 1. The summed E-state index contributed by atoms with van der Waals surface area (Å²) in [5.74, 6) is 0. The fourth-order valence-electron chi connectivity index (χ4n) is 2.05. The lowest BCUT2D eigenvalue weighted by atomic mass is 10.2. The van der Waals surface area contributed by atoms with Gasteiger partial charge in [-0.15, -0.1) is 0 Å². The molecule has 110 valence electrons. The van der Waals surface area contributed by atoms with E-state index in [1.54, 1.807) is 12.1 Å². The first kappa shape index (κ1) is 15.0. The van der Waals surface area contributed by atoms with Crippen molar-refractivity contribution in [3.8, 4) is 0 Å². The van der Waals surface area contributed by atoms with Gasteiger partial charge in [-0.25, -0.2) is 0 Å². The van der Waals surface area contributed by atoms with Crippen LogP contribution in [0.1, 0.15) is 26.2 Å². The lowest BCUT2D eigenvalue weighted by molar-refractivity contribution is -0.384. The summed E-state index contributed by atoms with van der Waals surface area (Å²) >= 11 is 1.87. The van der Waals surface area contributed by atoms with Crippen molar-refractivity contribution < 1.29 is 4.92 Å². The van der Waals surface area contributed by atoms with E-state index >= 15 is 0 Å². The average molecular weight is 295 g/mol. The third kappa shape index (κ3) is 3.79. The highest BCUT2D eigenvalue weighted by molar-refractivity contribution is 8.00. The molecule has 20 heavy (non-hydrogen) atoms. The van der Waals surface area contributed by atoms with Crippen molar-refractivity contribution in [2.45, 2.75) is 30.9 Å². The van der Waals surface area contributed by atoms with E-state index in [4.69, 9.17) is 0 Å². The summed E-state index contributed by atoms with van der Waals surface area (Å²) in [7, 11) is 0. The van der Waals surface area contributed by atoms with E-state index in [-0.39, 0.29) is 10.6 Å². The molecule has 1 saturated carbocycles. The van der Waals surface area contributed by atoms with Gasteiger partial charge in [-0.1, -0.05) is 6.92 Å². The zero-order valence-electron chi connectivity index (χ0n) is 11.9. The van der Waals surface area contributed by atoms with Crippen molar-refractivity contribution in [1.29, 1.82) is 0 Å². The fraction of sp³-hybridized carbons (Fsp3) is 0.571. The lowest BCUT2D eigenvalue weighted by Gasteiger charge is -2.15. The van der Waals surface area contributed by atoms with Gasteiger partial charge in [0.05, 0.1) is 4.92 Å². The highest BCUT2D eigenvalue weighted by atomic mass is 32.2. The van der Waals surface area contributed by atoms with Crippen LogP contribution in [0.5, 0.6) is 0 Å². The maximum atomic E-state index is 11.0. The Hall–Kier alpha value is -1.43. The summed E-state index contributed by atoms with van der Waals surface area (Å²) in [6, 6.07) is 5.13. The Morgan fingerprint density at radius 1 is 1.30 bits per heavy atom. The topological polar surface area (TPSA) is 67.2 Å². The van der Waals surface area contributed by atoms with Crippen molar-refractivity contribution in [3.63, 3.8) is 0 Å². The summed E-state index contributed by atoms with van der Waals surface area (Å²) in [6.07, 6.45) is 5.55. The zero-order valence-corrected chi connectivity index (χ0v) is 12.8. The molecule has 0 saturated heterocycles. The number of nitrogens with zero attached hydrogens (tertiary/aromatic N) is 1. The number of hydrogen-bond donors (Lipinski definition) is 2. The van der Waals surface area contributed by atoms with Crippen LogP contribution in [-0.2, 0) is 0 Å². The third-order valence-corrected chi connectivity index (χ3v) is 4.98. The highest BCUT2D eigenvalue weighted by Crippen LogP contribution is 2.47. The van der Waals surface area contributed by atoms with E-state index in [1.165, 1.54) is 12.8 Å². The second kappa shape index (κ2) is 6.35. The summed E-state index contributed by atoms with van der Waals surface area (Å²) in [6.45, 7) is 3.75. The molecule has 0 bridgehead atoms. The van der Waals surface area contributed by atoms with Gasteiger partial charge >= 0.3 is 0 Å². The van der Waals surface area contributed by atoms with Crippen LogP contribution in [0.15, 0.2) is 18.2 Å². The SMILES string of the molecule is CCCNc1cc(NCC2(SC)CC2)cc([N+](=O)[O-])c1. The minimum atomic E-state index is -0.343. The Kier molecular flexibility index (Phi) is 4.75. The molecule has 1 aromatic rings. The zero-order chi connectivity index (χ0) is 14.6. The van der Waals surface area contributed by atoms with E-state index < -0.39 is 0 Å². The Balaban J connectivity index is 2.09. The highest BCUT2D eigenvalue weighted by Gasteiger charge is 2.41. The second-order valence-corrected chi connectivity index (χ2v) is 6.47. The number of nitro benzene ring substituents is 1. The normalized spacial score (nSPS) is 15.7. The van der Waals surface area contributed by atoms with Crippen LogP contribution in [-0.4, -0.2) is 29.0 Å². The molecule has 1 aliphatic rings. The Bertz CT molecular complexity index is 489. The first-order valence-corrected chi connectivity index (χ1v) is 8.13. The molecule has 0 amide bonds. The van der Waals surface area contributed by atoms with Crippen LogP contribution in [0.3, 0.4) is 0 Å². The molecular formula is C14H21N3O2S. The third-order valence-electron chi connectivity index (χ3n) is 3.56. The molecule has 6 heteroatoms. The molecule has 2 N–H and O–H groups in total. The molecule has 0 unspecified atom stereocenters. The van der Waals surface area contributed by atoms with Gasteiger partial charge in [0.1, 0.15) is 0 Å². The maximum Gasteiger partial charge on any atom is 0.273 e. The predicted octanol–water partition coefficient (Wildman–Crippen LogP) is 3.72. The van der Waals surface area contributed by atoms with Crippen LogP contribution in [0.25, 0.3) is 0 Å². The Morgan fingerprint density at radius 3 is 2.45 bits per heavy atom. The molecule has 1 fully saturated rings. The summed E-state index contributed by atoms with van der Waals surface area (Å²) in [5, 5.41) is 17.5. The van der Waals surface area contributed by atoms with E-state index in [0.29, 0.717) is 4.75 Å². The largest absolute Gasteiger partial charge is 0.385 e. The van der Waals surface area contributed by atoms with Crippen LogP contribution in [0, 0.1) is 10.1 Å². The van der Waals surface area contributed by atoms with Crippen molar-refractivity contribution in [1.82, 2.24) is 0 Å². The standard InChI is InChI=1S/C14H21N3O2S/c1-3-6-15-11-7-12(9-13(8-11)17(18)19)16-10-14(20-2)4-5-14/h7-9,15-16H,3-6,10H2,1-2H3. The number of thioether (sulfide) groups is 1. The van der Waals surface area contributed by atoms with Crippen molar-refractivity contribution in [2.24, 2.45) is 0 Å². The van der Waals surface area contributed by atoms with E-state index in [2.05, 4.69) is 23.8 Å². The molecule has 0 spiro atoms. The van der Waals surface area contributed by atoms with Gasteiger partial charge in [0.25, 0.3) is 5.69 Å². The Labute approximate surface area is 123 Å². The molecule has 0 atom stereocenters. The predicted molar refractivity (Wildman–Crippen MR) is 85.8 cm³/mol. The summed E-state index contributed by atoms with van der Waals surface area (Å²) < 4.78 is 0.335. The number of hydrogen-bond acceptors (Lipinski definition) is 5. The first-order chi connectivity index (χ1) is 9.58. The van der Waals surface area contributed by atoms with Crippen molar-refractivity contribution >= 4 is 28.8 Å². The van der Waals surface area contributed by atoms with E-state index in [0.717, 1.165) is 30.9 Å². The number of anilines is 2. The van der Waals surface area contributed by atoms with Crippen LogP contribution >= 0.6 is 11.8 Å². The molecule has 0 heterocycles. The molecule has 2 rings (SSSR count). The lowest BCUT2D eigenvalue weighted by Crippen LogP contribution is -2.17. The number of rotatable bonds is 8. The van der Waals surface area contributed by atoms with Gasteiger partial charge in [0.2, 0.25) is 0 Å². The van der Waals surface area contributed by atoms with Crippen LogP contribution < -0.4 is 10.6 Å². The van der Waals surface area contributed by atoms with Crippen LogP contribution in [0.2, 0.25) is 0 Å². The van der Waals surface area contributed by atoms with E-state index in [1.807, 2.05) is 17.8 Å². The molecule has 5 nitrogen and oxygen atoms in total. The number of nitrogens with one attached hydrogen (secondary N) is 2. The monoisotopic (exact) mass is 295 g/mol. The number of nitro groups is 1. The smallest absolute Gasteiger partial charge is 0.273 e. The molecule has 0 aromatic heterocycles. The summed E-state index contributed by atoms with van der Waals surface area (Å²) in [5.41, 5.74) is 1.75. The Morgan fingerprint density at radius 2 is 1.95 bits per heavy atom. The van der Waals surface area contributed by atoms with Gasteiger partial charge in [0, 0.05) is 41.3 Å². The molecular weight excluding hydrogens is 274 g/mol. The average Bonchev–Trinajstić information content (AvgIpc) is 3.23. The van der Waals surface area contributed by atoms with Crippen molar-refractivity contribution in [2.75, 3.05) is 30.0 Å². The summed E-state index contributed by atoms with van der Waals surface area (Å²) in [4.78, 5) is 10.7. The van der Waals surface area contributed by atoms with Crippen LogP contribution in [0.4, 0.5) is 17.1 Å². The van der Waals surface area contributed by atoms with E-state index in [9.17, 15) is 10.1 Å². The minimum Gasteiger partial charge on any atom is -0.385 e. The molecule has 1 aromatic carbocycles. The van der Waals surface area contributed by atoms with Gasteiger partial charge in [-0.05, 0) is 31.6 Å². The number of benzene rings is 1. The molecule has 0 aliphatic heterocycles. The first-order valence-electron chi connectivity index (χ1n) is 6.91. The van der Waals surface area contributed by atoms with Gasteiger partial charge in [0.15, 0.2) is 0 Å². The van der Waals surface area contributed by atoms with Gasteiger partial charge in [-0.2, -0.15) is 11.8 Å². The molecule has 0 radical (unpaired) electrons. The minimum absolute atomic E-state index is 0.127. The maximum absolute atomic E-state index is 11.0. The molecule has 1 aliphatic carbocycles. The second-order valence-electron chi connectivity index (χ2n) is 5.19. The quantitative estimate of drug-likeness (QED) is 0.565. The van der Waals surface area contributed by atoms with Crippen molar-refractivity contribution in [3.05, 3.63) is 28.3 Å².